The molecule has 1 aliphatic rings. The zero-order valence-electron chi connectivity index (χ0n) is 19.8. The van der Waals surface area contributed by atoms with Crippen LogP contribution >= 0.6 is 0 Å². The first kappa shape index (κ1) is 25.9. The van der Waals surface area contributed by atoms with Gasteiger partial charge in [-0.25, -0.2) is 4.90 Å². The van der Waals surface area contributed by atoms with E-state index < -0.39 is 29.0 Å². The Bertz CT molecular complexity index is 1090. The molecule has 0 aliphatic carbocycles. The van der Waals surface area contributed by atoms with E-state index in [4.69, 9.17) is 19.6 Å². The Kier molecular flexibility index (Phi) is 8.24. The van der Waals surface area contributed by atoms with E-state index in [-0.39, 0.29) is 42.7 Å². The number of aliphatic hydroxyl groups is 1. The van der Waals surface area contributed by atoms with Crippen molar-refractivity contribution in [3.8, 4) is 11.9 Å². The van der Waals surface area contributed by atoms with Crippen LogP contribution < -0.4 is 10.1 Å². The van der Waals surface area contributed by atoms with Crippen molar-refractivity contribution in [3.63, 3.8) is 0 Å². The van der Waals surface area contributed by atoms with Gasteiger partial charge in [0.15, 0.2) is 18.1 Å². The zero-order valence-corrected chi connectivity index (χ0v) is 19.8. The normalized spacial score (nSPS) is 20.9. The Labute approximate surface area is 203 Å². The molecule has 0 saturated carbocycles. The highest BCUT2D eigenvalue weighted by Crippen LogP contribution is 2.46. The smallest absolute Gasteiger partial charge is 0.270 e. The van der Waals surface area contributed by atoms with Gasteiger partial charge in [0.2, 0.25) is 5.96 Å². The molecule has 0 radical (unpaired) electrons. The number of nitro groups is 1. The van der Waals surface area contributed by atoms with Crippen LogP contribution in [-0.4, -0.2) is 52.1 Å². The molecule has 0 fully saturated rings. The Morgan fingerprint density at radius 3 is 2.54 bits per heavy atom. The third-order valence-electron chi connectivity index (χ3n) is 5.77. The lowest BCUT2D eigenvalue weighted by Crippen LogP contribution is -2.63. The van der Waals surface area contributed by atoms with Crippen LogP contribution in [0, 0.1) is 27.0 Å². The molecule has 0 bridgehead atoms. The molecule has 35 heavy (non-hydrogen) atoms. The molecule has 186 valence electrons. The number of fused-ring (bicyclic) bond motifs is 1. The molecule has 3 unspecified atom stereocenters. The second kappa shape index (κ2) is 11.1. The van der Waals surface area contributed by atoms with E-state index in [0.29, 0.717) is 0 Å². The largest absolute Gasteiger partial charge is 0.479 e. The van der Waals surface area contributed by atoms with Crippen LogP contribution in [0.15, 0.2) is 48.5 Å². The molecule has 3 rings (SSSR count). The Morgan fingerprint density at radius 2 is 1.97 bits per heavy atom. The van der Waals surface area contributed by atoms with E-state index >= 15 is 0 Å². The average molecular weight is 484 g/mol. The predicted molar refractivity (Wildman–Crippen MR) is 126 cm³/mol. The van der Waals surface area contributed by atoms with Gasteiger partial charge in [-0.05, 0) is 32.4 Å². The lowest BCUT2D eigenvalue weighted by Gasteiger charge is -2.48. The number of non-ortho nitro benzene ring substituents is 1. The highest BCUT2D eigenvalue weighted by molar-refractivity contribution is 5.79. The summed E-state index contributed by atoms with van der Waals surface area (Å²) in [5.74, 6) is -0.0691. The number of ether oxygens (including phenoxy) is 3. The molecule has 2 aromatic carbocycles. The number of benzene rings is 2. The van der Waals surface area contributed by atoms with Crippen LogP contribution in [-0.2, 0) is 16.0 Å². The fourth-order valence-electron chi connectivity index (χ4n) is 4.02. The van der Waals surface area contributed by atoms with Crippen molar-refractivity contribution in [2.45, 2.75) is 51.4 Å². The number of nitro benzene ring substituents is 1. The molecule has 2 aromatic rings. The van der Waals surface area contributed by atoms with Crippen molar-refractivity contribution >= 4 is 11.6 Å². The number of rotatable bonds is 9. The summed E-state index contributed by atoms with van der Waals surface area (Å²) in [7, 11) is 0. The van der Waals surface area contributed by atoms with E-state index in [1.807, 2.05) is 36.5 Å². The number of nitriles is 1. The summed E-state index contributed by atoms with van der Waals surface area (Å²) in [5, 5.41) is 44.4. The molecular formula is C24H29N5O6. The lowest BCUT2D eigenvalue weighted by atomic mass is 9.83. The van der Waals surface area contributed by atoms with E-state index in [2.05, 4.69) is 5.32 Å². The van der Waals surface area contributed by atoms with Gasteiger partial charge in [0.25, 0.3) is 5.69 Å². The Morgan fingerprint density at radius 1 is 1.31 bits per heavy atom. The summed E-state index contributed by atoms with van der Waals surface area (Å²) in [6.45, 7) is 5.92. The van der Waals surface area contributed by atoms with Gasteiger partial charge >= 0.3 is 0 Å². The third kappa shape index (κ3) is 5.35. The Balaban J connectivity index is 2.04. The monoisotopic (exact) mass is 483 g/mol. The van der Waals surface area contributed by atoms with E-state index in [1.165, 1.54) is 18.2 Å². The van der Waals surface area contributed by atoms with Crippen LogP contribution in [0.5, 0.6) is 5.75 Å². The van der Waals surface area contributed by atoms with Crippen molar-refractivity contribution in [1.29, 1.82) is 10.7 Å². The molecule has 3 N–H and O–H groups in total. The maximum absolute atomic E-state index is 11.6. The number of aliphatic hydroxyl groups excluding tert-OH is 1. The van der Waals surface area contributed by atoms with E-state index in [1.54, 1.807) is 20.8 Å². The number of guanidine groups is 1. The summed E-state index contributed by atoms with van der Waals surface area (Å²) in [6.07, 6.45) is -0.521. The van der Waals surface area contributed by atoms with E-state index in [9.17, 15) is 20.5 Å². The molecule has 11 nitrogen and oxygen atoms in total. The van der Waals surface area contributed by atoms with Crippen molar-refractivity contribution in [1.82, 2.24) is 10.2 Å². The average Bonchev–Trinajstić information content (AvgIpc) is 2.85. The fourth-order valence-corrected chi connectivity index (χ4v) is 4.02. The second-order valence-electron chi connectivity index (χ2n) is 8.06. The Hall–Kier alpha value is -3.72. The highest BCUT2D eigenvalue weighted by Gasteiger charge is 2.55. The number of hydrogen-bond acceptors (Lipinski definition) is 8. The lowest BCUT2D eigenvalue weighted by molar-refractivity contribution is -0.385. The van der Waals surface area contributed by atoms with Crippen LogP contribution in [0.3, 0.4) is 0 Å². The molecule has 0 saturated heterocycles. The van der Waals surface area contributed by atoms with Gasteiger partial charge < -0.3 is 24.6 Å². The highest BCUT2D eigenvalue weighted by atomic mass is 16.7. The maximum atomic E-state index is 11.6. The molecule has 11 heteroatoms. The van der Waals surface area contributed by atoms with Crippen molar-refractivity contribution in [3.05, 3.63) is 69.8 Å². The van der Waals surface area contributed by atoms with Gasteiger partial charge in [0.05, 0.1) is 4.92 Å². The van der Waals surface area contributed by atoms with Crippen LogP contribution in [0.4, 0.5) is 5.69 Å². The van der Waals surface area contributed by atoms with Gasteiger partial charge in [0, 0.05) is 37.5 Å². The first-order valence-electron chi connectivity index (χ1n) is 11.2. The van der Waals surface area contributed by atoms with Crippen molar-refractivity contribution in [2.75, 3.05) is 13.2 Å². The zero-order chi connectivity index (χ0) is 25.6. The second-order valence-corrected chi connectivity index (χ2v) is 8.06. The van der Waals surface area contributed by atoms with Crippen LogP contribution in [0.1, 0.15) is 37.9 Å². The SMILES string of the molecule is CCOC(OCC)C1(C)Oc2ccc([N+](=O)[O-])cc2C(N(C#N)C(=N)NCc2ccccc2)C1O. The van der Waals surface area contributed by atoms with Crippen molar-refractivity contribution < 1.29 is 24.2 Å². The number of hydrogen-bond donors (Lipinski definition) is 3. The molecule has 0 aromatic heterocycles. The van der Waals surface area contributed by atoms with Crippen molar-refractivity contribution in [2.24, 2.45) is 0 Å². The van der Waals surface area contributed by atoms with Gasteiger partial charge in [0.1, 0.15) is 17.9 Å². The summed E-state index contributed by atoms with van der Waals surface area (Å²) in [4.78, 5) is 11.8. The standard InChI is InChI=1S/C24H29N5O6/c1-4-33-22(34-5-2)24(3)21(30)20(18-13-17(29(31)32)11-12-19(18)35-24)28(15-25)23(26)27-14-16-9-7-6-8-10-16/h6-13,20-22,30H,4-5,14H2,1-3H3,(H2,26,27). The predicted octanol–water partition coefficient (Wildman–Crippen LogP) is 3.05. The number of nitrogens with zero attached hydrogens (tertiary/aromatic N) is 3. The summed E-state index contributed by atoms with van der Waals surface area (Å²) < 4.78 is 17.5. The molecule has 1 aliphatic heterocycles. The summed E-state index contributed by atoms with van der Waals surface area (Å²) in [5.41, 5.74) is -0.643. The summed E-state index contributed by atoms with van der Waals surface area (Å²) in [6, 6.07) is 12.1. The van der Waals surface area contributed by atoms with Gasteiger partial charge in [-0.1, -0.05) is 30.3 Å². The fraction of sp³-hybridized carbons (Fsp3) is 0.417. The molecule has 3 atom stereocenters. The minimum atomic E-state index is -1.49. The first-order chi connectivity index (χ1) is 16.8. The quantitative estimate of drug-likeness (QED) is 0.0928. The molecule has 0 amide bonds. The first-order valence-corrected chi connectivity index (χ1v) is 11.2. The number of nitrogens with one attached hydrogen (secondary N) is 2. The summed E-state index contributed by atoms with van der Waals surface area (Å²) >= 11 is 0. The van der Waals surface area contributed by atoms with Gasteiger partial charge in [-0.3, -0.25) is 15.5 Å². The topological polar surface area (TPSA) is 154 Å². The van der Waals surface area contributed by atoms with E-state index in [0.717, 1.165) is 10.5 Å². The molecule has 0 spiro atoms. The van der Waals surface area contributed by atoms with Gasteiger partial charge in [-0.2, -0.15) is 5.26 Å². The van der Waals surface area contributed by atoms with Crippen LogP contribution in [0.2, 0.25) is 0 Å². The van der Waals surface area contributed by atoms with Gasteiger partial charge in [-0.15, -0.1) is 0 Å². The minimum Gasteiger partial charge on any atom is -0.479 e. The third-order valence-corrected chi connectivity index (χ3v) is 5.77. The minimum absolute atomic E-state index is 0.198. The molecule has 1 heterocycles. The molecular weight excluding hydrogens is 454 g/mol. The van der Waals surface area contributed by atoms with Crippen LogP contribution in [0.25, 0.3) is 0 Å². The maximum Gasteiger partial charge on any atom is 0.270 e.